The molecule has 4 heteroatoms. The van der Waals surface area contributed by atoms with Gasteiger partial charge >= 0.3 is 0 Å². The van der Waals surface area contributed by atoms with Gasteiger partial charge in [-0.25, -0.2) is 4.98 Å². The molecule has 0 saturated carbocycles. The average Bonchev–Trinajstić information content (AvgIpc) is 3.81. The van der Waals surface area contributed by atoms with Gasteiger partial charge in [0.05, 0.1) is 27.8 Å². The number of imidazole rings is 1. The first-order valence-corrected chi connectivity index (χ1v) is 20.0. The summed E-state index contributed by atoms with van der Waals surface area (Å²) in [4.78, 5) is 5.13. The van der Waals surface area contributed by atoms with E-state index in [1.165, 1.54) is 33.0 Å². The van der Waals surface area contributed by atoms with E-state index in [4.69, 9.17) is 4.98 Å². The summed E-state index contributed by atoms with van der Waals surface area (Å²) in [5.74, 6) is 1.18. The lowest BCUT2D eigenvalue weighted by Gasteiger charge is -2.20. The highest BCUT2D eigenvalue weighted by Gasteiger charge is 2.28. The zero-order valence-electron chi connectivity index (χ0n) is 31.9. The van der Waals surface area contributed by atoms with Crippen molar-refractivity contribution in [2.75, 3.05) is 0 Å². The first kappa shape index (κ1) is 33.2. The fraction of sp³-hybridized carbons (Fsp3) is 0. The van der Waals surface area contributed by atoms with Crippen molar-refractivity contribution in [1.29, 1.82) is 0 Å². The predicted octanol–water partition coefficient (Wildman–Crippen LogP) is 14.1. The largest absolute Gasteiger partial charge is 0.507 e. The molecule has 1 N–H and O–H groups in total. The van der Waals surface area contributed by atoms with Crippen molar-refractivity contribution in [2.45, 2.75) is 0 Å². The summed E-state index contributed by atoms with van der Waals surface area (Å²) >= 11 is 0. The minimum atomic E-state index is 0.260. The molecule has 0 radical (unpaired) electrons. The molecule has 12 rings (SSSR count). The lowest BCUT2D eigenvalue weighted by molar-refractivity contribution is 0.477. The number of rotatable bonds is 5. The molecule has 9 aromatic carbocycles. The van der Waals surface area contributed by atoms with Crippen molar-refractivity contribution in [2.24, 2.45) is 0 Å². The van der Waals surface area contributed by atoms with Crippen LogP contribution < -0.4 is 0 Å². The molecular weight excluding hydrogens is 719 g/mol. The molecule has 0 amide bonds. The first-order valence-electron chi connectivity index (χ1n) is 20.0. The van der Waals surface area contributed by atoms with Gasteiger partial charge in [0, 0.05) is 44.3 Å². The van der Waals surface area contributed by atoms with Crippen LogP contribution in [-0.2, 0) is 0 Å². The van der Waals surface area contributed by atoms with Gasteiger partial charge in [-0.1, -0.05) is 158 Å². The van der Waals surface area contributed by atoms with Crippen LogP contribution in [0.5, 0.6) is 5.75 Å². The number of benzene rings is 9. The molecule has 0 bridgehead atoms. The quantitative estimate of drug-likeness (QED) is 0.190. The molecule has 0 fully saturated rings. The second kappa shape index (κ2) is 13.1. The fourth-order valence-corrected chi connectivity index (χ4v) is 9.42. The van der Waals surface area contributed by atoms with Gasteiger partial charge in [0.2, 0.25) is 0 Å². The SMILES string of the molecule is Oc1cccc(-c2cccc3c2-n2c4ccccc4c4cc(-c5ccc(-c6nc7ccccc7n6-c6ccccc6)cc5)cc(c42)-c2ccccc2-3)c1-c1ccccc1. The third-order valence-electron chi connectivity index (χ3n) is 12.0. The summed E-state index contributed by atoms with van der Waals surface area (Å²) in [6.07, 6.45) is 0. The maximum Gasteiger partial charge on any atom is 0.145 e. The number of hydrogen-bond acceptors (Lipinski definition) is 2. The maximum atomic E-state index is 11.5. The van der Waals surface area contributed by atoms with Gasteiger partial charge in [0.1, 0.15) is 11.6 Å². The van der Waals surface area contributed by atoms with Crippen molar-refractivity contribution < 1.29 is 5.11 Å². The second-order valence-corrected chi connectivity index (χ2v) is 15.3. The van der Waals surface area contributed by atoms with E-state index in [-0.39, 0.29) is 5.75 Å². The first-order chi connectivity index (χ1) is 29.2. The van der Waals surface area contributed by atoms with Crippen LogP contribution in [0.15, 0.2) is 206 Å². The van der Waals surface area contributed by atoms with Crippen molar-refractivity contribution in [3.63, 3.8) is 0 Å². The van der Waals surface area contributed by atoms with Gasteiger partial charge in [0.15, 0.2) is 0 Å². The van der Waals surface area contributed by atoms with E-state index in [2.05, 4.69) is 173 Å². The molecule has 1 aliphatic heterocycles. The van der Waals surface area contributed by atoms with Crippen LogP contribution in [0.4, 0.5) is 0 Å². The minimum Gasteiger partial charge on any atom is -0.507 e. The predicted molar refractivity (Wildman–Crippen MR) is 243 cm³/mol. The van der Waals surface area contributed by atoms with Crippen molar-refractivity contribution in [1.82, 2.24) is 14.1 Å². The molecule has 59 heavy (non-hydrogen) atoms. The third kappa shape index (κ3) is 5.06. The van der Waals surface area contributed by atoms with Crippen LogP contribution in [0.2, 0.25) is 0 Å². The summed E-state index contributed by atoms with van der Waals surface area (Å²) in [7, 11) is 0. The highest BCUT2D eigenvalue weighted by molar-refractivity contribution is 6.18. The summed E-state index contributed by atoms with van der Waals surface area (Å²) in [5, 5.41) is 13.9. The third-order valence-corrected chi connectivity index (χ3v) is 12.0. The number of aromatic nitrogens is 3. The van der Waals surface area contributed by atoms with E-state index in [9.17, 15) is 5.11 Å². The van der Waals surface area contributed by atoms with Crippen LogP contribution >= 0.6 is 0 Å². The summed E-state index contributed by atoms with van der Waals surface area (Å²) in [6, 6.07) is 72.7. The molecule has 4 nitrogen and oxygen atoms in total. The summed E-state index contributed by atoms with van der Waals surface area (Å²) in [6.45, 7) is 0. The fourth-order valence-electron chi connectivity index (χ4n) is 9.42. The van der Waals surface area contributed by atoms with Gasteiger partial charge in [-0.3, -0.25) is 4.57 Å². The number of para-hydroxylation sites is 5. The topological polar surface area (TPSA) is 43.0 Å². The zero-order valence-corrected chi connectivity index (χ0v) is 31.9. The normalized spacial score (nSPS) is 11.8. The number of aromatic hydroxyl groups is 1. The second-order valence-electron chi connectivity index (χ2n) is 15.3. The van der Waals surface area contributed by atoms with E-state index < -0.39 is 0 Å². The van der Waals surface area contributed by atoms with Crippen molar-refractivity contribution >= 4 is 32.8 Å². The lowest BCUT2D eigenvalue weighted by Crippen LogP contribution is -2.00. The minimum absolute atomic E-state index is 0.260. The highest BCUT2D eigenvalue weighted by atomic mass is 16.3. The van der Waals surface area contributed by atoms with Gasteiger partial charge in [-0.2, -0.15) is 0 Å². The van der Waals surface area contributed by atoms with Crippen LogP contribution in [0.25, 0.3) is 111 Å². The summed E-state index contributed by atoms with van der Waals surface area (Å²) < 4.78 is 4.73. The average molecular weight is 754 g/mol. The maximum absolute atomic E-state index is 11.5. The van der Waals surface area contributed by atoms with Crippen LogP contribution in [0.1, 0.15) is 0 Å². The molecule has 2 aromatic heterocycles. The Hall–Kier alpha value is -7.95. The van der Waals surface area contributed by atoms with Gasteiger partial charge in [-0.05, 0) is 81.9 Å². The van der Waals surface area contributed by atoms with Crippen LogP contribution in [0.3, 0.4) is 0 Å². The van der Waals surface area contributed by atoms with E-state index in [1.54, 1.807) is 6.07 Å². The zero-order chi connectivity index (χ0) is 39.0. The molecule has 276 valence electrons. The Morgan fingerprint density at radius 1 is 0.373 bits per heavy atom. The standard InChI is InChI=1S/C55H35N3O/c59-51-28-14-22-43(52(51)36-15-3-1-4-16-36)45-24-13-23-44-40-19-7-8-20-41(40)46-33-38(34-47-42-21-9-11-26-49(42)58(53(44)45)54(46)47)35-29-31-37(32-30-35)55-56-48-25-10-12-27-50(48)57(55)39-17-5-2-6-18-39/h1-34,59H. The Bertz CT molecular complexity index is 3430. The Kier molecular flexibility index (Phi) is 7.35. The van der Waals surface area contributed by atoms with E-state index in [0.717, 1.165) is 78.3 Å². The molecular formula is C55H35N3O. The Labute approximate surface area is 341 Å². The number of hydrogen-bond donors (Lipinski definition) is 1. The molecule has 0 spiro atoms. The van der Waals surface area contributed by atoms with E-state index >= 15 is 0 Å². The van der Waals surface area contributed by atoms with E-state index in [0.29, 0.717) is 0 Å². The Balaban J connectivity index is 1.09. The molecule has 1 aliphatic rings. The Morgan fingerprint density at radius 2 is 0.966 bits per heavy atom. The van der Waals surface area contributed by atoms with Gasteiger partial charge < -0.3 is 9.67 Å². The summed E-state index contributed by atoms with van der Waals surface area (Å²) in [5.41, 5.74) is 18.4. The molecule has 3 heterocycles. The molecule has 0 saturated heterocycles. The van der Waals surface area contributed by atoms with Gasteiger partial charge in [-0.15, -0.1) is 0 Å². The Morgan fingerprint density at radius 3 is 1.76 bits per heavy atom. The monoisotopic (exact) mass is 753 g/mol. The molecule has 11 aromatic rings. The molecule has 0 atom stereocenters. The van der Waals surface area contributed by atoms with Crippen LogP contribution in [-0.4, -0.2) is 19.2 Å². The number of fused-ring (bicyclic) bond motifs is 9. The van der Waals surface area contributed by atoms with Gasteiger partial charge in [0.25, 0.3) is 0 Å². The van der Waals surface area contributed by atoms with E-state index in [1.807, 2.05) is 36.4 Å². The smallest absolute Gasteiger partial charge is 0.145 e. The number of phenolic OH excluding ortho intramolecular Hbond substituents is 1. The lowest BCUT2D eigenvalue weighted by atomic mass is 9.88. The number of phenols is 1. The number of nitrogens with zero attached hydrogens (tertiary/aromatic N) is 3. The van der Waals surface area contributed by atoms with Crippen molar-refractivity contribution in [3.8, 4) is 84.1 Å². The van der Waals surface area contributed by atoms with Crippen LogP contribution in [0, 0.1) is 0 Å². The highest BCUT2D eigenvalue weighted by Crippen LogP contribution is 2.52. The molecule has 0 aliphatic carbocycles. The molecule has 0 unspecified atom stereocenters. The van der Waals surface area contributed by atoms with Crippen molar-refractivity contribution in [3.05, 3.63) is 206 Å².